The second-order valence-corrected chi connectivity index (χ2v) is 7.84. The van der Waals surface area contributed by atoms with Gasteiger partial charge in [-0.3, -0.25) is 29.3 Å². The van der Waals surface area contributed by atoms with Crippen LogP contribution in [-0.2, 0) is 25.7 Å². The zero-order valence-electron chi connectivity index (χ0n) is 16.9. The lowest BCUT2D eigenvalue weighted by Gasteiger charge is -2.35. The summed E-state index contributed by atoms with van der Waals surface area (Å²) in [5.74, 6) is -1.67. The van der Waals surface area contributed by atoms with E-state index < -0.39 is 17.9 Å². The fourth-order valence-corrected chi connectivity index (χ4v) is 4.15. The van der Waals surface area contributed by atoms with Crippen LogP contribution >= 0.6 is 0 Å². The summed E-state index contributed by atoms with van der Waals surface area (Å²) in [5.41, 5.74) is 1.04. The summed E-state index contributed by atoms with van der Waals surface area (Å²) in [6.45, 7) is 2.23. The molecule has 4 rings (SSSR count). The summed E-state index contributed by atoms with van der Waals surface area (Å²) in [6, 6.07) is 2.97. The number of carbonyl (C=O) groups is 5. The van der Waals surface area contributed by atoms with E-state index in [2.05, 4.69) is 10.3 Å². The number of anilines is 1. The van der Waals surface area contributed by atoms with Gasteiger partial charge >= 0.3 is 5.97 Å². The maximum Gasteiger partial charge on any atom is 0.303 e. The second kappa shape index (κ2) is 8.32. The second-order valence-electron chi connectivity index (χ2n) is 7.84. The predicted octanol–water partition coefficient (Wildman–Crippen LogP) is -0.644. The third kappa shape index (κ3) is 4.21. The van der Waals surface area contributed by atoms with E-state index in [0.29, 0.717) is 44.1 Å². The number of carboxylic acid groups (broad SMARTS) is 1. The smallest absolute Gasteiger partial charge is 0.303 e. The molecule has 2 saturated heterocycles. The van der Waals surface area contributed by atoms with Crippen LogP contribution in [0.3, 0.4) is 0 Å². The van der Waals surface area contributed by atoms with Crippen LogP contribution in [0, 0.1) is 0 Å². The minimum atomic E-state index is -0.995. The van der Waals surface area contributed by atoms with Gasteiger partial charge in [0, 0.05) is 51.1 Å². The van der Waals surface area contributed by atoms with Crippen LogP contribution in [0.4, 0.5) is 5.82 Å². The van der Waals surface area contributed by atoms with Crippen molar-refractivity contribution in [1.82, 2.24) is 20.1 Å². The van der Waals surface area contributed by atoms with E-state index in [9.17, 15) is 24.0 Å². The van der Waals surface area contributed by atoms with Crippen molar-refractivity contribution in [3.05, 3.63) is 23.4 Å². The number of nitrogens with one attached hydrogen (secondary N) is 1. The molecule has 11 heteroatoms. The number of piperazine rings is 1. The number of carbonyl (C=O) groups excluding carboxylic acids is 4. The third-order valence-corrected chi connectivity index (χ3v) is 5.86. The summed E-state index contributed by atoms with van der Waals surface area (Å²) in [7, 11) is 0. The molecule has 4 heterocycles. The number of amides is 4. The quantitative estimate of drug-likeness (QED) is 0.589. The molecule has 0 saturated carbocycles. The number of fused-ring (bicyclic) bond motifs is 1. The van der Waals surface area contributed by atoms with Crippen LogP contribution in [-0.4, -0.2) is 81.7 Å². The number of aliphatic carboxylic acids is 1. The first kappa shape index (κ1) is 20.8. The van der Waals surface area contributed by atoms with E-state index in [1.165, 1.54) is 4.90 Å². The van der Waals surface area contributed by atoms with Gasteiger partial charge < -0.3 is 19.8 Å². The molecule has 0 aliphatic carbocycles. The summed E-state index contributed by atoms with van der Waals surface area (Å²) < 4.78 is 0. The third-order valence-electron chi connectivity index (χ3n) is 5.86. The molecule has 1 unspecified atom stereocenters. The molecular formula is C20H23N5O6. The Morgan fingerprint density at radius 3 is 2.52 bits per heavy atom. The van der Waals surface area contributed by atoms with Gasteiger partial charge in [0.15, 0.2) is 0 Å². The van der Waals surface area contributed by atoms with Crippen molar-refractivity contribution in [2.75, 3.05) is 31.1 Å². The highest BCUT2D eigenvalue weighted by molar-refractivity contribution is 6.04. The molecule has 3 aliphatic heterocycles. The number of hydrogen-bond donors (Lipinski definition) is 2. The molecule has 0 radical (unpaired) electrons. The summed E-state index contributed by atoms with van der Waals surface area (Å²) in [5, 5.41) is 11.0. The number of hydrogen-bond acceptors (Lipinski definition) is 7. The molecule has 11 nitrogen and oxygen atoms in total. The molecule has 3 aliphatic rings. The number of piperidine rings is 1. The van der Waals surface area contributed by atoms with E-state index in [1.54, 1.807) is 4.90 Å². The number of aromatic nitrogens is 1. The Kier molecular flexibility index (Phi) is 5.57. The highest BCUT2D eigenvalue weighted by Crippen LogP contribution is 2.28. The molecule has 4 amide bonds. The van der Waals surface area contributed by atoms with Crippen LogP contribution < -0.4 is 10.2 Å². The van der Waals surface area contributed by atoms with Gasteiger partial charge in [-0.05, 0) is 12.5 Å². The lowest BCUT2D eigenvalue weighted by atomic mass is 10.0. The lowest BCUT2D eigenvalue weighted by molar-refractivity contribution is -0.141. The zero-order valence-corrected chi connectivity index (χ0v) is 16.9. The van der Waals surface area contributed by atoms with E-state index >= 15 is 0 Å². The SMILES string of the molecule is O=C(O)CCC(=O)N1CCN(c2ccc3c(n2)C(=O)N(C2CCC(=O)NC2=O)C3)CC1. The molecular weight excluding hydrogens is 406 g/mol. The van der Waals surface area contributed by atoms with Gasteiger partial charge in [0.25, 0.3) is 5.91 Å². The van der Waals surface area contributed by atoms with Gasteiger partial charge in [0.1, 0.15) is 17.6 Å². The van der Waals surface area contributed by atoms with E-state index in [-0.39, 0.29) is 43.5 Å². The molecule has 1 atom stereocenters. The summed E-state index contributed by atoms with van der Waals surface area (Å²) >= 11 is 0. The van der Waals surface area contributed by atoms with Gasteiger partial charge in [-0.1, -0.05) is 6.07 Å². The van der Waals surface area contributed by atoms with E-state index in [1.807, 2.05) is 17.0 Å². The van der Waals surface area contributed by atoms with Crippen LogP contribution in [0.15, 0.2) is 12.1 Å². The molecule has 0 spiro atoms. The van der Waals surface area contributed by atoms with Crippen molar-refractivity contribution in [2.45, 2.75) is 38.3 Å². The molecule has 1 aromatic rings. The molecule has 31 heavy (non-hydrogen) atoms. The minimum Gasteiger partial charge on any atom is -0.481 e. The predicted molar refractivity (Wildman–Crippen MR) is 106 cm³/mol. The van der Waals surface area contributed by atoms with Gasteiger partial charge in [-0.15, -0.1) is 0 Å². The number of rotatable bonds is 5. The number of carboxylic acids is 1. The van der Waals surface area contributed by atoms with E-state index in [0.717, 1.165) is 5.56 Å². The molecule has 2 fully saturated rings. The summed E-state index contributed by atoms with van der Waals surface area (Å²) in [4.78, 5) is 68.8. The maximum absolute atomic E-state index is 12.9. The molecule has 2 N–H and O–H groups in total. The van der Waals surface area contributed by atoms with Crippen LogP contribution in [0.1, 0.15) is 41.7 Å². The highest BCUT2D eigenvalue weighted by Gasteiger charge is 2.40. The number of pyridine rings is 1. The Morgan fingerprint density at radius 1 is 1.10 bits per heavy atom. The standard InChI is InChI=1S/C20H23N5O6/c26-15-4-2-13(19(30)22-15)25-11-12-1-3-14(21-18(12)20(25)31)23-7-9-24(10-8-23)16(27)5-6-17(28)29/h1,3,13H,2,4-11H2,(H,28,29)(H,22,26,30). The van der Waals surface area contributed by atoms with Crippen molar-refractivity contribution in [3.63, 3.8) is 0 Å². The Labute approximate surface area is 178 Å². The Hall–Kier alpha value is -3.50. The number of imide groups is 1. The fourth-order valence-electron chi connectivity index (χ4n) is 4.15. The average molecular weight is 429 g/mol. The van der Waals surface area contributed by atoms with Crippen LogP contribution in [0.2, 0.25) is 0 Å². The average Bonchev–Trinajstić information content (AvgIpc) is 3.08. The lowest BCUT2D eigenvalue weighted by Crippen LogP contribution is -2.52. The van der Waals surface area contributed by atoms with Gasteiger partial charge in [-0.2, -0.15) is 0 Å². The first-order valence-corrected chi connectivity index (χ1v) is 10.2. The molecule has 0 bridgehead atoms. The van der Waals surface area contributed by atoms with Crippen molar-refractivity contribution in [1.29, 1.82) is 0 Å². The zero-order chi connectivity index (χ0) is 22.1. The minimum absolute atomic E-state index is 0.0168. The summed E-state index contributed by atoms with van der Waals surface area (Å²) in [6.07, 6.45) is 0.300. The molecule has 0 aromatic carbocycles. The molecule has 1 aromatic heterocycles. The largest absolute Gasteiger partial charge is 0.481 e. The van der Waals surface area contributed by atoms with Gasteiger partial charge in [0.05, 0.1) is 6.42 Å². The number of nitrogens with zero attached hydrogens (tertiary/aromatic N) is 4. The van der Waals surface area contributed by atoms with E-state index in [4.69, 9.17) is 5.11 Å². The maximum atomic E-state index is 12.9. The first-order valence-electron chi connectivity index (χ1n) is 10.2. The van der Waals surface area contributed by atoms with Crippen molar-refractivity contribution >= 4 is 35.4 Å². The normalized spacial score (nSPS) is 21.2. The van der Waals surface area contributed by atoms with Crippen LogP contribution in [0.25, 0.3) is 0 Å². The van der Waals surface area contributed by atoms with Crippen molar-refractivity contribution < 1.29 is 29.1 Å². The molecule has 164 valence electrons. The van der Waals surface area contributed by atoms with Gasteiger partial charge in [0.2, 0.25) is 17.7 Å². The Bertz CT molecular complexity index is 955. The fraction of sp³-hybridized carbons (Fsp3) is 0.500. The Balaban J connectivity index is 1.39. The Morgan fingerprint density at radius 2 is 1.84 bits per heavy atom. The van der Waals surface area contributed by atoms with Gasteiger partial charge in [-0.25, -0.2) is 4.98 Å². The first-order chi connectivity index (χ1) is 14.8. The highest BCUT2D eigenvalue weighted by atomic mass is 16.4. The topological polar surface area (TPSA) is 140 Å². The van der Waals surface area contributed by atoms with Crippen LogP contribution in [0.5, 0.6) is 0 Å². The van der Waals surface area contributed by atoms with Crippen molar-refractivity contribution in [2.24, 2.45) is 0 Å². The monoisotopic (exact) mass is 429 g/mol. The van der Waals surface area contributed by atoms with Crippen molar-refractivity contribution in [3.8, 4) is 0 Å².